The molecule has 0 N–H and O–H groups in total. The molecule has 44 valence electrons. The van der Waals surface area contributed by atoms with Crippen LogP contribution in [-0.2, 0) is 4.79 Å². The molecule has 0 atom stereocenters. The van der Waals surface area contributed by atoms with Crippen molar-refractivity contribution in [1.82, 2.24) is 0 Å². The van der Waals surface area contributed by atoms with Gasteiger partial charge in [-0.1, -0.05) is 6.58 Å². The van der Waals surface area contributed by atoms with Crippen LogP contribution in [0.1, 0.15) is 6.92 Å². The lowest BCUT2D eigenvalue weighted by Crippen LogP contribution is -1.85. The number of carbonyl (C=O) groups excluding carboxylic acids is 1. The summed E-state index contributed by atoms with van der Waals surface area (Å²) in [6.07, 6.45) is 1.46. The molecular weight excluding hydrogens is 126 g/mol. The minimum atomic E-state index is -0.608. The number of aliphatic imine (C=N–C) groups is 1. The summed E-state index contributed by atoms with van der Waals surface area (Å²) in [6, 6.07) is 0. The Balaban J connectivity index is 3.85. The number of carbonyl (C=O) groups is 1. The Labute approximate surface area is 52.9 Å². The highest BCUT2D eigenvalue weighted by Crippen LogP contribution is 1.95. The first-order valence-electron chi connectivity index (χ1n) is 2.06. The van der Waals surface area contributed by atoms with E-state index >= 15 is 0 Å². The van der Waals surface area contributed by atoms with Crippen LogP contribution >= 0.6 is 11.6 Å². The van der Waals surface area contributed by atoms with Crippen molar-refractivity contribution in [3.63, 3.8) is 0 Å². The van der Waals surface area contributed by atoms with Crippen molar-refractivity contribution < 1.29 is 4.79 Å². The van der Waals surface area contributed by atoms with Crippen LogP contribution in [0.4, 0.5) is 0 Å². The largest absolute Gasteiger partial charge is 0.274 e. The van der Waals surface area contributed by atoms with Gasteiger partial charge in [-0.25, -0.2) is 0 Å². The van der Waals surface area contributed by atoms with Gasteiger partial charge in [-0.2, -0.15) is 0 Å². The van der Waals surface area contributed by atoms with Crippen molar-refractivity contribution in [2.24, 2.45) is 4.99 Å². The highest BCUT2D eigenvalue weighted by atomic mass is 35.5. The maximum Gasteiger partial charge on any atom is 0.270 e. The Morgan fingerprint density at radius 1 is 1.88 bits per heavy atom. The van der Waals surface area contributed by atoms with E-state index in [0.29, 0.717) is 0 Å². The third-order valence-electron chi connectivity index (χ3n) is 0.512. The normalized spacial score (nSPS) is 9.75. The zero-order chi connectivity index (χ0) is 6.57. The van der Waals surface area contributed by atoms with Crippen LogP contribution in [0.15, 0.2) is 17.3 Å². The van der Waals surface area contributed by atoms with Gasteiger partial charge in [-0.3, -0.25) is 9.79 Å². The SMILES string of the molecule is C=C(N=CC)C(=O)Cl. The molecule has 0 aliphatic rings. The molecule has 0 unspecified atom stereocenters. The lowest BCUT2D eigenvalue weighted by atomic mass is 10.6. The summed E-state index contributed by atoms with van der Waals surface area (Å²) in [5.74, 6) is 0. The first-order valence-corrected chi connectivity index (χ1v) is 2.43. The van der Waals surface area contributed by atoms with E-state index in [1.807, 2.05) is 0 Å². The second-order valence-electron chi connectivity index (χ2n) is 1.11. The standard InChI is InChI=1S/C5H6ClNO/c1-3-7-4(2)5(6)8/h3H,2H2,1H3. The number of hydrogen-bond donors (Lipinski definition) is 0. The van der Waals surface area contributed by atoms with Gasteiger partial charge in [0.25, 0.3) is 5.24 Å². The van der Waals surface area contributed by atoms with E-state index in [1.165, 1.54) is 6.21 Å². The molecule has 0 aliphatic heterocycles. The van der Waals surface area contributed by atoms with E-state index in [9.17, 15) is 4.79 Å². The van der Waals surface area contributed by atoms with Gasteiger partial charge < -0.3 is 0 Å². The van der Waals surface area contributed by atoms with Crippen LogP contribution in [-0.4, -0.2) is 11.5 Å². The molecule has 0 aromatic carbocycles. The van der Waals surface area contributed by atoms with Crippen LogP contribution in [0, 0.1) is 0 Å². The number of hydrogen-bond acceptors (Lipinski definition) is 2. The van der Waals surface area contributed by atoms with Gasteiger partial charge in [0.2, 0.25) is 0 Å². The topological polar surface area (TPSA) is 29.4 Å². The molecule has 0 saturated heterocycles. The number of halogens is 1. The Bertz CT molecular complexity index is 139. The molecular formula is C5H6ClNO. The fourth-order valence-electron chi connectivity index (χ4n) is 0.207. The zero-order valence-electron chi connectivity index (χ0n) is 4.52. The molecule has 0 aliphatic carbocycles. The molecule has 0 rings (SSSR count). The van der Waals surface area contributed by atoms with Gasteiger partial charge >= 0.3 is 0 Å². The molecule has 0 aromatic heterocycles. The molecule has 0 bridgehead atoms. The first kappa shape index (κ1) is 7.37. The molecule has 8 heavy (non-hydrogen) atoms. The van der Waals surface area contributed by atoms with E-state index < -0.39 is 5.24 Å². The summed E-state index contributed by atoms with van der Waals surface area (Å²) in [5, 5.41) is -0.608. The average molecular weight is 132 g/mol. The van der Waals surface area contributed by atoms with Gasteiger partial charge in [0.05, 0.1) is 0 Å². The van der Waals surface area contributed by atoms with Crippen molar-refractivity contribution in [3.05, 3.63) is 12.3 Å². The fraction of sp³-hybridized carbons (Fsp3) is 0.200. The van der Waals surface area contributed by atoms with Gasteiger partial charge in [-0.05, 0) is 18.5 Å². The number of rotatable bonds is 2. The van der Waals surface area contributed by atoms with Gasteiger partial charge in [0, 0.05) is 6.21 Å². The third kappa shape index (κ3) is 2.53. The van der Waals surface area contributed by atoms with Crippen LogP contribution < -0.4 is 0 Å². The Hall–Kier alpha value is -0.630. The van der Waals surface area contributed by atoms with Crippen LogP contribution in [0.2, 0.25) is 0 Å². The first-order chi connectivity index (χ1) is 3.68. The maximum absolute atomic E-state index is 10.1. The smallest absolute Gasteiger partial charge is 0.270 e. The second kappa shape index (κ2) is 3.38. The fourth-order valence-corrected chi connectivity index (χ4v) is 0.255. The molecule has 2 nitrogen and oxygen atoms in total. The molecule has 0 amide bonds. The molecule has 0 spiro atoms. The summed E-state index contributed by atoms with van der Waals surface area (Å²) >= 11 is 4.95. The number of nitrogens with zero attached hydrogens (tertiary/aromatic N) is 1. The molecule has 0 aromatic rings. The van der Waals surface area contributed by atoms with E-state index in [2.05, 4.69) is 11.6 Å². The summed E-state index contributed by atoms with van der Waals surface area (Å²) in [7, 11) is 0. The van der Waals surface area contributed by atoms with E-state index in [4.69, 9.17) is 11.6 Å². The van der Waals surface area contributed by atoms with E-state index in [1.54, 1.807) is 6.92 Å². The summed E-state index contributed by atoms with van der Waals surface area (Å²) in [6.45, 7) is 4.95. The van der Waals surface area contributed by atoms with Crippen molar-refractivity contribution in [2.45, 2.75) is 6.92 Å². The zero-order valence-corrected chi connectivity index (χ0v) is 5.27. The van der Waals surface area contributed by atoms with E-state index in [-0.39, 0.29) is 5.70 Å². The molecule has 0 saturated carbocycles. The monoisotopic (exact) mass is 131 g/mol. The van der Waals surface area contributed by atoms with Crippen molar-refractivity contribution >= 4 is 23.1 Å². The Morgan fingerprint density at radius 3 is 2.50 bits per heavy atom. The summed E-state index contributed by atoms with van der Waals surface area (Å²) in [4.78, 5) is 13.6. The number of allylic oxidation sites excluding steroid dienone is 1. The minimum Gasteiger partial charge on any atom is -0.274 e. The maximum atomic E-state index is 10.1. The predicted molar refractivity (Wildman–Crippen MR) is 34.2 cm³/mol. The molecule has 0 fully saturated rings. The Kier molecular flexibility index (Phi) is 3.12. The second-order valence-corrected chi connectivity index (χ2v) is 1.45. The Morgan fingerprint density at radius 2 is 2.38 bits per heavy atom. The molecule has 0 heterocycles. The molecule has 3 heteroatoms. The quantitative estimate of drug-likeness (QED) is 0.316. The lowest BCUT2D eigenvalue weighted by molar-refractivity contribution is -0.108. The van der Waals surface area contributed by atoms with Crippen molar-refractivity contribution in [2.75, 3.05) is 0 Å². The minimum absolute atomic E-state index is 0.0779. The summed E-state index contributed by atoms with van der Waals surface area (Å²) in [5.41, 5.74) is 0.0779. The van der Waals surface area contributed by atoms with Gasteiger partial charge in [0.15, 0.2) is 0 Å². The van der Waals surface area contributed by atoms with Crippen molar-refractivity contribution in [1.29, 1.82) is 0 Å². The van der Waals surface area contributed by atoms with E-state index in [0.717, 1.165) is 0 Å². The highest BCUT2D eigenvalue weighted by Gasteiger charge is 1.95. The molecule has 0 radical (unpaired) electrons. The predicted octanol–water partition coefficient (Wildman–Crippen LogP) is 1.36. The van der Waals surface area contributed by atoms with Gasteiger partial charge in [-0.15, -0.1) is 0 Å². The summed E-state index contributed by atoms with van der Waals surface area (Å²) < 4.78 is 0. The average Bonchev–Trinajstić information content (AvgIpc) is 1.67. The third-order valence-corrected chi connectivity index (χ3v) is 0.730. The van der Waals surface area contributed by atoms with Crippen molar-refractivity contribution in [3.8, 4) is 0 Å². The van der Waals surface area contributed by atoms with Gasteiger partial charge in [0.1, 0.15) is 5.70 Å². The lowest BCUT2D eigenvalue weighted by Gasteiger charge is -1.83. The van der Waals surface area contributed by atoms with Crippen LogP contribution in [0.3, 0.4) is 0 Å². The van der Waals surface area contributed by atoms with Crippen LogP contribution in [0.25, 0.3) is 0 Å². The highest BCUT2D eigenvalue weighted by molar-refractivity contribution is 6.67. The van der Waals surface area contributed by atoms with Crippen LogP contribution in [0.5, 0.6) is 0 Å².